The topological polar surface area (TPSA) is 66.5 Å². The van der Waals surface area contributed by atoms with E-state index in [4.69, 9.17) is 11.6 Å². The number of rotatable bonds is 6. The molecule has 0 aliphatic rings. The molecule has 0 aromatic heterocycles. The monoisotopic (exact) mass is 462 g/mol. The maximum atomic E-state index is 13.1. The number of aryl methyl sites for hydroxylation is 2. The first-order valence-corrected chi connectivity index (χ1v) is 11.2. The summed E-state index contributed by atoms with van der Waals surface area (Å²) in [6, 6.07) is 6.78. The van der Waals surface area contributed by atoms with Crippen molar-refractivity contribution in [3.05, 3.63) is 58.1 Å². The van der Waals surface area contributed by atoms with Crippen LogP contribution in [0.4, 0.5) is 24.5 Å². The molecule has 0 bridgehead atoms. The van der Waals surface area contributed by atoms with Crippen LogP contribution in [0.5, 0.6) is 0 Å². The van der Waals surface area contributed by atoms with Crippen molar-refractivity contribution < 1.29 is 26.4 Å². The molecule has 1 amide bonds. The Morgan fingerprint density at radius 2 is 1.77 bits per heavy atom. The molecule has 1 atom stereocenters. The van der Waals surface area contributed by atoms with Crippen LogP contribution in [0.3, 0.4) is 0 Å². The van der Waals surface area contributed by atoms with Crippen LogP contribution in [0.1, 0.15) is 30.0 Å². The fraction of sp³-hybridized carbons (Fsp3) is 0.350. The molecule has 0 radical (unpaired) electrons. The van der Waals surface area contributed by atoms with Gasteiger partial charge in [0.15, 0.2) is 0 Å². The predicted octanol–water partition coefficient (Wildman–Crippen LogP) is 5.16. The van der Waals surface area contributed by atoms with E-state index < -0.39 is 38.7 Å². The van der Waals surface area contributed by atoms with Crippen molar-refractivity contribution in [2.45, 2.75) is 39.4 Å². The number of nitrogens with zero attached hydrogens (tertiary/aromatic N) is 1. The van der Waals surface area contributed by atoms with Gasteiger partial charge in [-0.2, -0.15) is 13.2 Å². The number of carbonyl (C=O) groups is 1. The summed E-state index contributed by atoms with van der Waals surface area (Å²) in [4.78, 5) is 12.9. The molecule has 1 N–H and O–H groups in total. The van der Waals surface area contributed by atoms with Crippen LogP contribution < -0.4 is 9.62 Å². The second kappa shape index (κ2) is 8.85. The van der Waals surface area contributed by atoms with Gasteiger partial charge in [0.25, 0.3) is 0 Å². The van der Waals surface area contributed by atoms with Crippen molar-refractivity contribution in [3.63, 3.8) is 0 Å². The van der Waals surface area contributed by atoms with Crippen LogP contribution in [0.15, 0.2) is 36.4 Å². The quantitative estimate of drug-likeness (QED) is 0.644. The second-order valence-corrected chi connectivity index (χ2v) is 9.20. The van der Waals surface area contributed by atoms with E-state index in [0.717, 1.165) is 27.8 Å². The third-order valence-electron chi connectivity index (χ3n) is 4.61. The standard InChI is InChI=1S/C20H22ClF3N2O3S/c1-5-18(26(30(4,28)29)15-8-6-12(2)13(3)10-15)19(27)25-14-7-9-17(21)16(11-14)20(22,23)24/h6-11,18H,5H2,1-4H3,(H,25,27). The number of hydrogen-bond donors (Lipinski definition) is 1. The molecular formula is C20H22ClF3N2O3S. The van der Waals surface area contributed by atoms with Gasteiger partial charge in [-0.1, -0.05) is 24.6 Å². The fourth-order valence-electron chi connectivity index (χ4n) is 2.97. The zero-order valence-electron chi connectivity index (χ0n) is 16.8. The molecule has 164 valence electrons. The molecule has 0 saturated carbocycles. The van der Waals surface area contributed by atoms with Gasteiger partial charge < -0.3 is 5.32 Å². The molecule has 2 rings (SSSR count). The summed E-state index contributed by atoms with van der Waals surface area (Å²) in [5, 5.41) is 1.88. The van der Waals surface area contributed by atoms with E-state index in [0.29, 0.717) is 11.8 Å². The van der Waals surface area contributed by atoms with Crippen LogP contribution >= 0.6 is 11.6 Å². The van der Waals surface area contributed by atoms with Gasteiger partial charge in [0.05, 0.1) is 22.5 Å². The highest BCUT2D eigenvalue weighted by Gasteiger charge is 2.35. The van der Waals surface area contributed by atoms with E-state index >= 15 is 0 Å². The summed E-state index contributed by atoms with van der Waals surface area (Å²) >= 11 is 5.60. The molecule has 30 heavy (non-hydrogen) atoms. The molecule has 5 nitrogen and oxygen atoms in total. The van der Waals surface area contributed by atoms with Crippen molar-refractivity contribution in [3.8, 4) is 0 Å². The summed E-state index contributed by atoms with van der Waals surface area (Å²) in [5.41, 5.74) is 0.858. The predicted molar refractivity (Wildman–Crippen MR) is 112 cm³/mol. The molecule has 0 saturated heterocycles. The molecule has 0 aliphatic carbocycles. The van der Waals surface area contributed by atoms with Gasteiger partial charge >= 0.3 is 6.18 Å². The lowest BCUT2D eigenvalue weighted by molar-refractivity contribution is -0.137. The lowest BCUT2D eigenvalue weighted by Gasteiger charge is -2.30. The third kappa shape index (κ3) is 5.46. The molecular weight excluding hydrogens is 441 g/mol. The maximum Gasteiger partial charge on any atom is 0.417 e. The Labute approximate surface area is 178 Å². The first-order valence-electron chi connectivity index (χ1n) is 9.00. The Bertz CT molecular complexity index is 1060. The van der Waals surface area contributed by atoms with E-state index in [2.05, 4.69) is 5.32 Å². The molecule has 1 unspecified atom stereocenters. The number of sulfonamides is 1. The number of hydrogen-bond acceptors (Lipinski definition) is 3. The third-order valence-corrected chi connectivity index (χ3v) is 6.12. The van der Waals surface area contributed by atoms with Gasteiger partial charge in [0.2, 0.25) is 15.9 Å². The van der Waals surface area contributed by atoms with Crippen LogP contribution in [0.25, 0.3) is 0 Å². The number of benzene rings is 2. The van der Waals surface area contributed by atoms with Crippen molar-refractivity contribution in [2.75, 3.05) is 15.9 Å². The van der Waals surface area contributed by atoms with E-state index in [1.165, 1.54) is 6.07 Å². The number of nitrogens with one attached hydrogen (secondary N) is 1. The summed E-state index contributed by atoms with van der Waals surface area (Å²) < 4.78 is 65.2. The number of carbonyl (C=O) groups excluding carboxylic acids is 1. The number of amides is 1. The number of halogens is 4. The Morgan fingerprint density at radius 1 is 1.13 bits per heavy atom. The van der Waals surface area contributed by atoms with Crippen LogP contribution in [-0.4, -0.2) is 26.6 Å². The summed E-state index contributed by atoms with van der Waals surface area (Å²) in [5.74, 6) is -0.753. The summed E-state index contributed by atoms with van der Waals surface area (Å²) in [6.07, 6.45) is -3.62. The van der Waals surface area contributed by atoms with E-state index in [1.807, 2.05) is 13.8 Å². The first-order chi connectivity index (χ1) is 13.8. The molecule has 0 spiro atoms. The molecule has 0 aliphatic heterocycles. The molecule has 0 fully saturated rings. The zero-order valence-corrected chi connectivity index (χ0v) is 18.4. The molecule has 2 aromatic rings. The summed E-state index contributed by atoms with van der Waals surface area (Å²) in [6.45, 7) is 5.30. The number of anilines is 2. The Kier molecular flexibility index (Phi) is 7.08. The second-order valence-electron chi connectivity index (χ2n) is 6.93. The zero-order chi connectivity index (χ0) is 22.9. The maximum absolute atomic E-state index is 13.1. The first kappa shape index (κ1) is 24.0. The van der Waals surface area contributed by atoms with Gasteiger partial charge in [-0.05, 0) is 61.7 Å². The SMILES string of the molecule is CCC(C(=O)Nc1ccc(Cl)c(C(F)(F)F)c1)N(c1ccc(C)c(C)c1)S(C)(=O)=O. The van der Waals surface area contributed by atoms with Crippen molar-refractivity contribution in [1.82, 2.24) is 0 Å². The van der Waals surface area contributed by atoms with Gasteiger partial charge in [-0.15, -0.1) is 0 Å². The minimum atomic E-state index is -4.69. The Balaban J connectivity index is 2.43. The normalized spacial score (nSPS) is 13.1. The van der Waals surface area contributed by atoms with Crippen LogP contribution in [-0.2, 0) is 21.0 Å². The van der Waals surface area contributed by atoms with Crippen LogP contribution in [0, 0.1) is 13.8 Å². The van der Waals surface area contributed by atoms with Gasteiger partial charge in [-0.3, -0.25) is 9.10 Å². The highest BCUT2D eigenvalue weighted by Crippen LogP contribution is 2.36. The van der Waals surface area contributed by atoms with E-state index in [-0.39, 0.29) is 12.1 Å². The molecule has 10 heteroatoms. The smallest absolute Gasteiger partial charge is 0.324 e. The fourth-order valence-corrected chi connectivity index (χ4v) is 4.40. The minimum Gasteiger partial charge on any atom is -0.324 e. The Morgan fingerprint density at radius 3 is 2.27 bits per heavy atom. The van der Waals surface area contributed by atoms with Crippen LogP contribution in [0.2, 0.25) is 5.02 Å². The Hall–Kier alpha value is -2.26. The average Bonchev–Trinajstić information content (AvgIpc) is 2.61. The largest absolute Gasteiger partial charge is 0.417 e. The molecule has 0 heterocycles. The number of alkyl halides is 3. The lowest BCUT2D eigenvalue weighted by Crippen LogP contribution is -2.47. The lowest BCUT2D eigenvalue weighted by atomic mass is 10.1. The van der Waals surface area contributed by atoms with E-state index in [9.17, 15) is 26.4 Å². The van der Waals surface area contributed by atoms with Gasteiger partial charge in [0, 0.05) is 5.69 Å². The van der Waals surface area contributed by atoms with Gasteiger partial charge in [-0.25, -0.2) is 8.42 Å². The summed E-state index contributed by atoms with van der Waals surface area (Å²) in [7, 11) is -3.86. The average molecular weight is 463 g/mol. The van der Waals surface area contributed by atoms with Crippen molar-refractivity contribution >= 4 is 38.9 Å². The highest BCUT2D eigenvalue weighted by molar-refractivity contribution is 7.92. The van der Waals surface area contributed by atoms with Gasteiger partial charge in [0.1, 0.15) is 6.04 Å². The minimum absolute atomic E-state index is 0.103. The van der Waals surface area contributed by atoms with Crippen molar-refractivity contribution in [2.24, 2.45) is 0 Å². The highest BCUT2D eigenvalue weighted by atomic mass is 35.5. The molecule has 2 aromatic carbocycles. The van der Waals surface area contributed by atoms with Crippen molar-refractivity contribution in [1.29, 1.82) is 0 Å². The van der Waals surface area contributed by atoms with E-state index in [1.54, 1.807) is 25.1 Å².